The summed E-state index contributed by atoms with van der Waals surface area (Å²) in [5.41, 5.74) is 6.29. The first-order chi connectivity index (χ1) is 9.45. The zero-order valence-electron chi connectivity index (χ0n) is 10.8. The van der Waals surface area contributed by atoms with Gasteiger partial charge in [0.1, 0.15) is 0 Å². The second-order valence-corrected chi connectivity index (χ2v) is 7.37. The molecular weight excluding hydrogens is 316 g/mol. The van der Waals surface area contributed by atoms with Gasteiger partial charge in [-0.1, -0.05) is 29.8 Å². The first-order valence-corrected chi connectivity index (χ1v) is 8.73. The van der Waals surface area contributed by atoms with Gasteiger partial charge >= 0.3 is 0 Å². The van der Waals surface area contributed by atoms with Crippen LogP contribution in [0.3, 0.4) is 0 Å². The van der Waals surface area contributed by atoms with Gasteiger partial charge in [-0.3, -0.25) is 0 Å². The topological polar surface area (TPSA) is 72.2 Å². The Morgan fingerprint density at radius 1 is 1.35 bits per heavy atom. The van der Waals surface area contributed by atoms with Gasteiger partial charge in [-0.25, -0.2) is 13.1 Å². The van der Waals surface area contributed by atoms with E-state index in [2.05, 4.69) is 4.72 Å². The summed E-state index contributed by atoms with van der Waals surface area (Å²) < 4.78 is 27.4. The number of halogens is 1. The van der Waals surface area contributed by atoms with Crippen molar-refractivity contribution in [2.24, 2.45) is 5.73 Å². The molecule has 0 saturated heterocycles. The largest absolute Gasteiger partial charge is 0.326 e. The van der Waals surface area contributed by atoms with E-state index in [9.17, 15) is 8.42 Å². The van der Waals surface area contributed by atoms with Crippen molar-refractivity contribution in [3.05, 3.63) is 51.2 Å². The average molecular weight is 331 g/mol. The van der Waals surface area contributed by atoms with Crippen molar-refractivity contribution in [2.75, 3.05) is 0 Å². The maximum Gasteiger partial charge on any atom is 0.242 e. The van der Waals surface area contributed by atoms with Crippen LogP contribution >= 0.6 is 22.9 Å². The number of nitrogens with two attached hydrogens (primary N) is 1. The molecule has 2 aromatic rings. The Morgan fingerprint density at radius 3 is 2.70 bits per heavy atom. The van der Waals surface area contributed by atoms with Crippen LogP contribution in [0, 0.1) is 0 Å². The summed E-state index contributed by atoms with van der Waals surface area (Å²) in [5.74, 6) is 0. The SMILES string of the molecule is CC(NS(=O)(=O)c1ccsc1CN)c1ccccc1Cl. The highest BCUT2D eigenvalue weighted by atomic mass is 35.5. The van der Waals surface area contributed by atoms with Crippen LogP contribution in [0.5, 0.6) is 0 Å². The number of sulfonamides is 1. The molecule has 1 aromatic heterocycles. The Hall–Kier alpha value is -0.920. The second-order valence-electron chi connectivity index (χ2n) is 4.28. The zero-order valence-corrected chi connectivity index (χ0v) is 13.2. The Balaban J connectivity index is 2.27. The first kappa shape index (κ1) is 15.5. The highest BCUT2D eigenvalue weighted by Gasteiger charge is 2.22. The Kier molecular flexibility index (Phi) is 4.82. The number of thiophene rings is 1. The molecule has 0 spiro atoms. The summed E-state index contributed by atoms with van der Waals surface area (Å²) in [5, 5.41) is 2.25. The minimum atomic E-state index is -3.60. The van der Waals surface area contributed by atoms with Gasteiger partial charge in [0.15, 0.2) is 0 Å². The smallest absolute Gasteiger partial charge is 0.242 e. The summed E-state index contributed by atoms with van der Waals surface area (Å²) in [6.45, 7) is 1.96. The number of benzene rings is 1. The van der Waals surface area contributed by atoms with Crippen molar-refractivity contribution in [1.29, 1.82) is 0 Å². The molecule has 1 heterocycles. The summed E-state index contributed by atoms with van der Waals surface area (Å²) >= 11 is 7.41. The van der Waals surface area contributed by atoms with E-state index < -0.39 is 16.1 Å². The predicted octanol–water partition coefficient (Wildman–Crippen LogP) is 2.90. The minimum Gasteiger partial charge on any atom is -0.326 e. The summed E-state index contributed by atoms with van der Waals surface area (Å²) in [6.07, 6.45) is 0. The third-order valence-electron chi connectivity index (χ3n) is 2.88. The maximum atomic E-state index is 12.4. The maximum absolute atomic E-state index is 12.4. The Morgan fingerprint density at radius 2 is 2.05 bits per heavy atom. The van der Waals surface area contributed by atoms with Gasteiger partial charge in [-0.2, -0.15) is 0 Å². The van der Waals surface area contributed by atoms with E-state index in [0.29, 0.717) is 9.90 Å². The monoisotopic (exact) mass is 330 g/mol. The molecule has 0 saturated carbocycles. The van der Waals surface area contributed by atoms with Crippen LogP contribution in [0.25, 0.3) is 0 Å². The van der Waals surface area contributed by atoms with Crippen LogP contribution < -0.4 is 10.5 Å². The van der Waals surface area contributed by atoms with Gasteiger partial charge in [-0.15, -0.1) is 11.3 Å². The van der Waals surface area contributed by atoms with E-state index >= 15 is 0 Å². The molecule has 4 nitrogen and oxygen atoms in total. The molecule has 2 rings (SSSR count). The van der Waals surface area contributed by atoms with Crippen molar-refractivity contribution in [3.63, 3.8) is 0 Å². The average Bonchev–Trinajstić information content (AvgIpc) is 2.87. The Bertz CT molecular complexity index is 698. The number of rotatable bonds is 5. The fourth-order valence-corrected chi connectivity index (χ4v) is 4.76. The van der Waals surface area contributed by atoms with Crippen LogP contribution in [-0.2, 0) is 16.6 Å². The van der Waals surface area contributed by atoms with Crippen molar-refractivity contribution >= 4 is 33.0 Å². The zero-order chi connectivity index (χ0) is 14.8. The lowest BCUT2D eigenvalue weighted by Crippen LogP contribution is -2.27. The van der Waals surface area contributed by atoms with Crippen LogP contribution in [0.2, 0.25) is 5.02 Å². The molecular formula is C13H15ClN2O2S2. The molecule has 108 valence electrons. The lowest BCUT2D eigenvalue weighted by atomic mass is 10.1. The van der Waals surface area contributed by atoms with Gasteiger partial charge in [0.2, 0.25) is 10.0 Å². The van der Waals surface area contributed by atoms with Crippen LogP contribution in [0.4, 0.5) is 0 Å². The minimum absolute atomic E-state index is 0.203. The van der Waals surface area contributed by atoms with Crippen molar-refractivity contribution < 1.29 is 8.42 Å². The Labute approximate surface area is 127 Å². The van der Waals surface area contributed by atoms with Crippen molar-refractivity contribution in [1.82, 2.24) is 4.72 Å². The van der Waals surface area contributed by atoms with Crippen LogP contribution in [0.15, 0.2) is 40.6 Å². The molecule has 0 radical (unpaired) electrons. The van der Waals surface area contributed by atoms with Gasteiger partial charge in [0.25, 0.3) is 0 Å². The quantitative estimate of drug-likeness (QED) is 0.885. The standard InChI is InChI=1S/C13H15ClN2O2S2/c1-9(10-4-2-3-5-11(10)14)16-20(17,18)13-6-7-19-12(13)8-15/h2-7,9,16H,8,15H2,1H3. The highest BCUT2D eigenvalue weighted by molar-refractivity contribution is 7.89. The van der Waals surface area contributed by atoms with Gasteiger partial charge in [0, 0.05) is 22.5 Å². The van der Waals surface area contributed by atoms with E-state index in [1.807, 2.05) is 6.07 Å². The fourth-order valence-electron chi connectivity index (χ4n) is 1.90. The molecule has 0 aliphatic rings. The van der Waals surface area contributed by atoms with Crippen LogP contribution in [0.1, 0.15) is 23.4 Å². The van der Waals surface area contributed by atoms with Gasteiger partial charge in [-0.05, 0) is 30.0 Å². The molecule has 7 heteroatoms. The number of hydrogen-bond donors (Lipinski definition) is 2. The number of nitrogens with one attached hydrogen (secondary N) is 1. The van der Waals surface area contributed by atoms with Crippen molar-refractivity contribution in [3.8, 4) is 0 Å². The third kappa shape index (κ3) is 3.21. The lowest BCUT2D eigenvalue weighted by Gasteiger charge is -2.16. The molecule has 0 bridgehead atoms. The summed E-state index contributed by atoms with van der Waals surface area (Å²) in [4.78, 5) is 0.882. The fraction of sp³-hybridized carbons (Fsp3) is 0.231. The third-order valence-corrected chi connectivity index (χ3v) is 5.93. The van der Waals surface area contributed by atoms with E-state index in [-0.39, 0.29) is 11.4 Å². The molecule has 1 aromatic carbocycles. The van der Waals surface area contributed by atoms with E-state index in [0.717, 1.165) is 5.56 Å². The molecule has 20 heavy (non-hydrogen) atoms. The van der Waals surface area contributed by atoms with E-state index in [1.54, 1.807) is 36.6 Å². The van der Waals surface area contributed by atoms with E-state index in [4.69, 9.17) is 17.3 Å². The molecule has 0 aliphatic carbocycles. The highest BCUT2D eigenvalue weighted by Crippen LogP contribution is 2.26. The summed E-state index contributed by atoms with van der Waals surface area (Å²) in [7, 11) is -3.60. The molecule has 0 fully saturated rings. The molecule has 0 aliphatic heterocycles. The van der Waals surface area contributed by atoms with Gasteiger partial charge < -0.3 is 5.73 Å². The normalized spacial score (nSPS) is 13.3. The lowest BCUT2D eigenvalue weighted by molar-refractivity contribution is 0.566. The summed E-state index contributed by atoms with van der Waals surface area (Å²) in [6, 6.07) is 8.30. The van der Waals surface area contributed by atoms with Crippen LogP contribution in [-0.4, -0.2) is 8.42 Å². The van der Waals surface area contributed by atoms with Gasteiger partial charge in [0.05, 0.1) is 4.90 Å². The van der Waals surface area contributed by atoms with Crippen molar-refractivity contribution in [2.45, 2.75) is 24.4 Å². The molecule has 1 unspecified atom stereocenters. The molecule has 1 atom stereocenters. The molecule has 0 amide bonds. The van der Waals surface area contributed by atoms with E-state index in [1.165, 1.54) is 11.3 Å². The second kappa shape index (κ2) is 6.24. The predicted molar refractivity (Wildman–Crippen MR) is 82.4 cm³/mol. The number of hydrogen-bond acceptors (Lipinski definition) is 4. The molecule has 3 N–H and O–H groups in total. The first-order valence-electron chi connectivity index (χ1n) is 5.99.